The Labute approximate surface area is 160 Å². The maximum atomic E-state index is 4.31. The molecule has 0 unspecified atom stereocenters. The average molecular weight is 368 g/mol. The van der Waals surface area contributed by atoms with Crippen LogP contribution in [0.5, 0.6) is 0 Å². The Morgan fingerprint density at radius 3 is 2.48 bits per heavy atom. The zero-order valence-electron chi connectivity index (χ0n) is 16.1. The van der Waals surface area contributed by atoms with Gasteiger partial charge in [0, 0.05) is 33.1 Å². The molecule has 2 aromatic rings. The van der Waals surface area contributed by atoms with Gasteiger partial charge in [0.1, 0.15) is 5.82 Å². The normalized spacial score (nSPS) is 17.3. The predicted octanol–water partition coefficient (Wildman–Crippen LogP) is 1.69. The summed E-state index contributed by atoms with van der Waals surface area (Å²) in [7, 11) is 1.79. The number of fused-ring (bicyclic) bond motifs is 1. The smallest absolute Gasteiger partial charge is 0.191 e. The van der Waals surface area contributed by atoms with E-state index in [4.69, 9.17) is 0 Å². The van der Waals surface area contributed by atoms with Gasteiger partial charge in [-0.05, 0) is 43.5 Å². The molecule has 0 radical (unpaired) electrons. The van der Waals surface area contributed by atoms with Gasteiger partial charge in [0.2, 0.25) is 0 Å². The molecule has 0 bridgehead atoms. The SMILES string of the molecule is CN=C(NCc1ccc(CN2CCCC2)cc1)NCc1nnc2n1CCC2. The molecule has 0 aliphatic carbocycles. The summed E-state index contributed by atoms with van der Waals surface area (Å²) in [6.45, 7) is 5.96. The summed E-state index contributed by atoms with van der Waals surface area (Å²) in [5.41, 5.74) is 2.65. The van der Waals surface area contributed by atoms with Crippen molar-refractivity contribution in [3.63, 3.8) is 0 Å². The fraction of sp³-hybridized carbons (Fsp3) is 0.550. The molecule has 2 N–H and O–H groups in total. The van der Waals surface area contributed by atoms with Crippen molar-refractivity contribution < 1.29 is 0 Å². The number of guanidine groups is 1. The molecule has 4 rings (SSSR count). The van der Waals surface area contributed by atoms with E-state index in [0.717, 1.165) is 43.7 Å². The molecule has 0 atom stereocenters. The summed E-state index contributed by atoms with van der Waals surface area (Å²) in [5.74, 6) is 2.87. The lowest BCUT2D eigenvalue weighted by molar-refractivity contribution is 0.331. The molecule has 0 saturated carbocycles. The third kappa shape index (κ3) is 4.47. The minimum atomic E-state index is 0.640. The number of aliphatic imine (C=N–C) groups is 1. The number of likely N-dealkylation sites (tertiary alicyclic amines) is 1. The number of hydrogen-bond donors (Lipinski definition) is 2. The molecule has 1 aromatic carbocycles. The van der Waals surface area contributed by atoms with Gasteiger partial charge in [0.05, 0.1) is 6.54 Å². The molecular weight excluding hydrogens is 338 g/mol. The number of aryl methyl sites for hydroxylation is 1. The third-order valence-electron chi connectivity index (χ3n) is 5.41. The van der Waals surface area contributed by atoms with Crippen molar-refractivity contribution in [1.29, 1.82) is 0 Å². The Morgan fingerprint density at radius 1 is 0.963 bits per heavy atom. The first-order valence-electron chi connectivity index (χ1n) is 9.97. The first kappa shape index (κ1) is 18.0. The van der Waals surface area contributed by atoms with Crippen LogP contribution in [0.1, 0.15) is 42.0 Å². The van der Waals surface area contributed by atoms with E-state index in [1.165, 1.54) is 43.5 Å². The first-order chi connectivity index (χ1) is 13.3. The fourth-order valence-electron chi connectivity index (χ4n) is 3.87. The molecule has 3 heterocycles. The highest BCUT2D eigenvalue weighted by Crippen LogP contribution is 2.14. The van der Waals surface area contributed by atoms with Gasteiger partial charge in [0.25, 0.3) is 0 Å². The van der Waals surface area contributed by atoms with Gasteiger partial charge in [0.15, 0.2) is 11.8 Å². The van der Waals surface area contributed by atoms with E-state index in [2.05, 4.69) is 59.6 Å². The van der Waals surface area contributed by atoms with Gasteiger partial charge in [-0.1, -0.05) is 24.3 Å². The first-order valence-corrected chi connectivity index (χ1v) is 9.97. The molecule has 1 fully saturated rings. The highest BCUT2D eigenvalue weighted by Gasteiger charge is 2.17. The molecule has 2 aliphatic rings. The van der Waals surface area contributed by atoms with Crippen molar-refractivity contribution in [2.75, 3.05) is 20.1 Å². The topological polar surface area (TPSA) is 70.4 Å². The Kier molecular flexibility index (Phi) is 5.67. The maximum absolute atomic E-state index is 4.31. The van der Waals surface area contributed by atoms with Crippen LogP contribution >= 0.6 is 0 Å². The lowest BCUT2D eigenvalue weighted by Crippen LogP contribution is -2.37. The van der Waals surface area contributed by atoms with Crippen LogP contribution in [0.25, 0.3) is 0 Å². The van der Waals surface area contributed by atoms with E-state index < -0.39 is 0 Å². The van der Waals surface area contributed by atoms with Crippen molar-refractivity contribution in [3.05, 3.63) is 47.0 Å². The minimum absolute atomic E-state index is 0.640. The zero-order valence-corrected chi connectivity index (χ0v) is 16.1. The number of nitrogens with zero attached hydrogens (tertiary/aromatic N) is 5. The quantitative estimate of drug-likeness (QED) is 0.601. The minimum Gasteiger partial charge on any atom is -0.352 e. The summed E-state index contributed by atoms with van der Waals surface area (Å²) < 4.78 is 2.21. The highest BCUT2D eigenvalue weighted by molar-refractivity contribution is 5.79. The van der Waals surface area contributed by atoms with Gasteiger partial charge in [-0.25, -0.2) is 0 Å². The Bertz CT molecular complexity index is 772. The van der Waals surface area contributed by atoms with E-state index >= 15 is 0 Å². The molecule has 1 saturated heterocycles. The van der Waals surface area contributed by atoms with Crippen LogP contribution in [0.2, 0.25) is 0 Å². The molecule has 144 valence electrons. The summed E-state index contributed by atoms with van der Waals surface area (Å²) in [5, 5.41) is 15.2. The van der Waals surface area contributed by atoms with Crippen LogP contribution in [-0.2, 0) is 32.6 Å². The summed E-state index contributed by atoms with van der Waals surface area (Å²) in [6, 6.07) is 8.89. The number of benzene rings is 1. The van der Waals surface area contributed by atoms with Crippen LogP contribution < -0.4 is 10.6 Å². The monoisotopic (exact) mass is 367 g/mol. The molecule has 0 amide bonds. The summed E-state index contributed by atoms with van der Waals surface area (Å²) in [6.07, 6.45) is 4.88. The van der Waals surface area contributed by atoms with Crippen molar-refractivity contribution in [1.82, 2.24) is 30.3 Å². The second-order valence-electron chi connectivity index (χ2n) is 7.37. The Hall–Kier alpha value is -2.41. The van der Waals surface area contributed by atoms with Crippen LogP contribution in [-0.4, -0.2) is 45.8 Å². The summed E-state index contributed by atoms with van der Waals surface area (Å²) >= 11 is 0. The van der Waals surface area contributed by atoms with Gasteiger partial charge in [-0.3, -0.25) is 9.89 Å². The molecule has 7 heteroatoms. The Balaban J connectivity index is 1.25. The van der Waals surface area contributed by atoms with Gasteiger partial charge >= 0.3 is 0 Å². The van der Waals surface area contributed by atoms with Crippen molar-refractivity contribution >= 4 is 5.96 Å². The van der Waals surface area contributed by atoms with Crippen molar-refractivity contribution in [2.45, 2.75) is 51.9 Å². The largest absolute Gasteiger partial charge is 0.352 e. The van der Waals surface area contributed by atoms with E-state index in [1.807, 2.05) is 0 Å². The van der Waals surface area contributed by atoms with Crippen molar-refractivity contribution in [3.8, 4) is 0 Å². The third-order valence-corrected chi connectivity index (χ3v) is 5.41. The average Bonchev–Trinajstić information content (AvgIpc) is 3.42. The predicted molar refractivity (Wildman–Crippen MR) is 106 cm³/mol. The van der Waals surface area contributed by atoms with E-state index in [0.29, 0.717) is 6.54 Å². The highest BCUT2D eigenvalue weighted by atomic mass is 15.3. The second kappa shape index (κ2) is 8.52. The van der Waals surface area contributed by atoms with Crippen LogP contribution in [0.15, 0.2) is 29.3 Å². The van der Waals surface area contributed by atoms with Gasteiger partial charge < -0.3 is 15.2 Å². The number of hydrogen-bond acceptors (Lipinski definition) is 4. The molecule has 7 nitrogen and oxygen atoms in total. The van der Waals surface area contributed by atoms with Gasteiger partial charge in [-0.2, -0.15) is 0 Å². The van der Waals surface area contributed by atoms with Crippen LogP contribution in [0, 0.1) is 0 Å². The second-order valence-corrected chi connectivity index (χ2v) is 7.37. The lowest BCUT2D eigenvalue weighted by Gasteiger charge is -2.15. The van der Waals surface area contributed by atoms with Gasteiger partial charge in [-0.15, -0.1) is 10.2 Å². The van der Waals surface area contributed by atoms with E-state index in [9.17, 15) is 0 Å². The number of aromatic nitrogens is 3. The van der Waals surface area contributed by atoms with E-state index in [-0.39, 0.29) is 0 Å². The fourth-order valence-corrected chi connectivity index (χ4v) is 3.87. The molecule has 1 aromatic heterocycles. The molecule has 2 aliphatic heterocycles. The van der Waals surface area contributed by atoms with E-state index in [1.54, 1.807) is 7.05 Å². The van der Waals surface area contributed by atoms with Crippen LogP contribution in [0.4, 0.5) is 0 Å². The standard InChI is InChI=1S/C20H29N7/c1-21-20(23-14-19-25-24-18-5-4-12-27(18)19)22-13-16-6-8-17(9-7-16)15-26-10-2-3-11-26/h6-9H,2-5,10-15H2,1H3,(H2,21,22,23). The zero-order chi connectivity index (χ0) is 18.5. The lowest BCUT2D eigenvalue weighted by atomic mass is 10.1. The van der Waals surface area contributed by atoms with Crippen molar-refractivity contribution in [2.24, 2.45) is 4.99 Å². The maximum Gasteiger partial charge on any atom is 0.191 e. The number of rotatable bonds is 6. The Morgan fingerprint density at radius 2 is 1.70 bits per heavy atom. The molecular formula is C20H29N7. The number of nitrogens with one attached hydrogen (secondary N) is 2. The van der Waals surface area contributed by atoms with Crippen LogP contribution in [0.3, 0.4) is 0 Å². The molecule has 27 heavy (non-hydrogen) atoms. The summed E-state index contributed by atoms with van der Waals surface area (Å²) in [4.78, 5) is 6.84. The molecule has 0 spiro atoms.